The summed E-state index contributed by atoms with van der Waals surface area (Å²) in [6, 6.07) is 0. The van der Waals surface area contributed by atoms with Crippen LogP contribution >= 0.6 is 0 Å². The summed E-state index contributed by atoms with van der Waals surface area (Å²) in [6.07, 6.45) is 1.73. The molecule has 0 N–H and O–H groups in total. The highest BCUT2D eigenvalue weighted by molar-refractivity contribution is 5.91. The molecule has 1 aliphatic heterocycles. The number of methoxy groups -OCH3 is 1. The molecule has 0 spiro atoms. The summed E-state index contributed by atoms with van der Waals surface area (Å²) in [5.41, 5.74) is 0. The second-order valence-electron chi connectivity index (χ2n) is 3.94. The van der Waals surface area contributed by atoms with E-state index in [-0.39, 0.29) is 12.7 Å². The van der Waals surface area contributed by atoms with Crippen LogP contribution in [0.15, 0.2) is 12.2 Å². The van der Waals surface area contributed by atoms with E-state index in [1.807, 2.05) is 0 Å². The highest BCUT2D eigenvalue weighted by Gasteiger charge is 2.33. The zero-order chi connectivity index (χ0) is 12.9. The topological polar surface area (TPSA) is 71.1 Å². The Bertz CT molecular complexity index is 320. The molecule has 0 aliphatic carbocycles. The van der Waals surface area contributed by atoms with Gasteiger partial charge < -0.3 is 18.9 Å². The molecule has 0 aromatic carbocycles. The van der Waals surface area contributed by atoms with Gasteiger partial charge in [0.1, 0.15) is 12.7 Å². The minimum atomic E-state index is -0.640. The van der Waals surface area contributed by atoms with Crippen molar-refractivity contribution in [3.63, 3.8) is 0 Å². The van der Waals surface area contributed by atoms with E-state index in [1.54, 1.807) is 13.8 Å². The third-order valence-corrected chi connectivity index (χ3v) is 2.04. The normalized spacial score (nSPS) is 22.6. The quantitative estimate of drug-likeness (QED) is 0.527. The van der Waals surface area contributed by atoms with Crippen LogP contribution in [0.4, 0.5) is 0 Å². The van der Waals surface area contributed by atoms with E-state index in [0.717, 1.165) is 12.2 Å². The fraction of sp³-hybridized carbons (Fsp3) is 0.636. The van der Waals surface area contributed by atoms with Crippen molar-refractivity contribution in [3.8, 4) is 0 Å². The largest absolute Gasteiger partial charge is 0.466 e. The molecule has 0 aromatic heterocycles. The van der Waals surface area contributed by atoms with Gasteiger partial charge in [0.05, 0.1) is 13.7 Å². The van der Waals surface area contributed by atoms with Crippen LogP contribution in [0.25, 0.3) is 0 Å². The van der Waals surface area contributed by atoms with Crippen molar-refractivity contribution in [1.29, 1.82) is 0 Å². The van der Waals surface area contributed by atoms with Gasteiger partial charge in [0.25, 0.3) is 0 Å². The Kier molecular flexibility index (Phi) is 4.65. The lowest BCUT2D eigenvalue weighted by Gasteiger charge is -2.16. The molecule has 1 rings (SSSR count). The zero-order valence-electron chi connectivity index (χ0n) is 10.1. The van der Waals surface area contributed by atoms with Crippen LogP contribution in [-0.2, 0) is 28.5 Å². The molecule has 1 fully saturated rings. The number of esters is 2. The molecule has 0 aromatic rings. The molecule has 1 saturated heterocycles. The van der Waals surface area contributed by atoms with Gasteiger partial charge in [0.15, 0.2) is 5.79 Å². The molecule has 0 radical (unpaired) electrons. The molecular weight excluding hydrogens is 228 g/mol. The summed E-state index contributed by atoms with van der Waals surface area (Å²) in [7, 11) is 1.23. The SMILES string of the molecule is COC(=O)/C=C/C(=O)OC[C@@H]1COC(C)(C)O1. The first-order valence-electron chi connectivity index (χ1n) is 5.17. The van der Waals surface area contributed by atoms with Gasteiger partial charge in [-0.25, -0.2) is 9.59 Å². The van der Waals surface area contributed by atoms with Crippen molar-refractivity contribution in [3.05, 3.63) is 12.2 Å². The van der Waals surface area contributed by atoms with Crippen LogP contribution in [0.3, 0.4) is 0 Å². The molecule has 0 amide bonds. The predicted octanol–water partition coefficient (Wildman–Crippen LogP) is 0.410. The molecule has 0 saturated carbocycles. The fourth-order valence-electron chi connectivity index (χ4n) is 1.27. The predicted molar refractivity (Wildman–Crippen MR) is 57.0 cm³/mol. The lowest BCUT2D eigenvalue weighted by atomic mass is 10.4. The Morgan fingerprint density at radius 1 is 1.35 bits per heavy atom. The van der Waals surface area contributed by atoms with Gasteiger partial charge in [-0.15, -0.1) is 0 Å². The third-order valence-electron chi connectivity index (χ3n) is 2.04. The molecule has 0 unspecified atom stereocenters. The Labute approximate surface area is 99.5 Å². The summed E-state index contributed by atoms with van der Waals surface area (Å²) in [6.45, 7) is 4.03. The van der Waals surface area contributed by atoms with Crippen LogP contribution in [0.1, 0.15) is 13.8 Å². The van der Waals surface area contributed by atoms with Gasteiger partial charge in [-0.1, -0.05) is 0 Å². The van der Waals surface area contributed by atoms with Gasteiger partial charge in [-0.05, 0) is 13.8 Å². The van der Waals surface area contributed by atoms with Gasteiger partial charge in [0, 0.05) is 12.2 Å². The number of hydrogen-bond donors (Lipinski definition) is 0. The van der Waals surface area contributed by atoms with Crippen molar-refractivity contribution in [1.82, 2.24) is 0 Å². The number of hydrogen-bond acceptors (Lipinski definition) is 6. The van der Waals surface area contributed by atoms with E-state index in [1.165, 1.54) is 7.11 Å². The lowest BCUT2D eigenvalue weighted by Crippen LogP contribution is -2.24. The van der Waals surface area contributed by atoms with E-state index >= 15 is 0 Å². The van der Waals surface area contributed by atoms with Crippen molar-refractivity contribution in [2.45, 2.75) is 25.7 Å². The first-order chi connectivity index (χ1) is 7.93. The van der Waals surface area contributed by atoms with Crippen LogP contribution in [0.2, 0.25) is 0 Å². The maximum absolute atomic E-state index is 11.2. The molecule has 96 valence electrons. The van der Waals surface area contributed by atoms with Gasteiger partial charge in [0.2, 0.25) is 0 Å². The number of rotatable bonds is 4. The number of carbonyl (C=O) groups is 2. The Morgan fingerprint density at radius 3 is 2.53 bits per heavy atom. The van der Waals surface area contributed by atoms with Crippen LogP contribution < -0.4 is 0 Å². The monoisotopic (exact) mass is 244 g/mol. The maximum atomic E-state index is 11.2. The van der Waals surface area contributed by atoms with Gasteiger partial charge >= 0.3 is 11.9 Å². The van der Waals surface area contributed by atoms with E-state index < -0.39 is 17.7 Å². The molecule has 6 nitrogen and oxygen atoms in total. The van der Waals surface area contributed by atoms with Crippen molar-refractivity contribution < 1.29 is 28.5 Å². The van der Waals surface area contributed by atoms with Crippen LogP contribution in [0, 0.1) is 0 Å². The molecule has 6 heteroatoms. The maximum Gasteiger partial charge on any atom is 0.331 e. The minimum absolute atomic E-state index is 0.0910. The minimum Gasteiger partial charge on any atom is -0.466 e. The lowest BCUT2D eigenvalue weighted by molar-refractivity contribution is -0.155. The number of ether oxygens (including phenoxy) is 4. The molecule has 17 heavy (non-hydrogen) atoms. The van der Waals surface area contributed by atoms with E-state index in [0.29, 0.717) is 6.61 Å². The Hall–Kier alpha value is -1.40. The zero-order valence-corrected chi connectivity index (χ0v) is 10.1. The molecule has 0 bridgehead atoms. The second-order valence-corrected chi connectivity index (χ2v) is 3.94. The Balaban J connectivity index is 2.25. The van der Waals surface area contributed by atoms with Crippen LogP contribution in [0.5, 0.6) is 0 Å². The second kappa shape index (κ2) is 5.79. The van der Waals surface area contributed by atoms with Crippen molar-refractivity contribution >= 4 is 11.9 Å². The first-order valence-corrected chi connectivity index (χ1v) is 5.17. The van der Waals surface area contributed by atoms with E-state index in [2.05, 4.69) is 4.74 Å². The smallest absolute Gasteiger partial charge is 0.331 e. The summed E-state index contributed by atoms with van der Waals surface area (Å²) >= 11 is 0. The number of carbonyl (C=O) groups excluding carboxylic acids is 2. The first kappa shape index (κ1) is 13.7. The van der Waals surface area contributed by atoms with E-state index in [9.17, 15) is 9.59 Å². The average Bonchev–Trinajstić information content (AvgIpc) is 2.63. The highest BCUT2D eigenvalue weighted by Crippen LogP contribution is 2.22. The fourth-order valence-corrected chi connectivity index (χ4v) is 1.27. The standard InChI is InChI=1S/C11H16O6/c1-11(2)16-7-8(17-11)6-15-10(13)5-4-9(12)14-3/h4-5,8H,6-7H2,1-3H3/b5-4+/t8-/m1/s1. The molecule has 1 atom stereocenters. The van der Waals surface area contributed by atoms with E-state index in [4.69, 9.17) is 14.2 Å². The molecule has 1 aliphatic rings. The van der Waals surface area contributed by atoms with Gasteiger partial charge in [-0.3, -0.25) is 0 Å². The van der Waals surface area contributed by atoms with Crippen molar-refractivity contribution in [2.24, 2.45) is 0 Å². The Morgan fingerprint density at radius 2 is 2.00 bits per heavy atom. The van der Waals surface area contributed by atoms with Crippen LogP contribution in [-0.4, -0.2) is 44.2 Å². The molecule has 1 heterocycles. The molecular formula is C11H16O6. The third kappa shape index (κ3) is 4.97. The summed E-state index contributed by atoms with van der Waals surface area (Å²) < 4.78 is 19.9. The highest BCUT2D eigenvalue weighted by atomic mass is 16.7. The van der Waals surface area contributed by atoms with Crippen molar-refractivity contribution in [2.75, 3.05) is 20.3 Å². The summed E-state index contributed by atoms with van der Waals surface area (Å²) in [4.78, 5) is 21.9. The average molecular weight is 244 g/mol. The summed E-state index contributed by atoms with van der Waals surface area (Å²) in [5.74, 6) is -1.87. The van der Waals surface area contributed by atoms with Gasteiger partial charge in [-0.2, -0.15) is 0 Å². The summed E-state index contributed by atoms with van der Waals surface area (Å²) in [5, 5.41) is 0.